The summed E-state index contributed by atoms with van der Waals surface area (Å²) in [5.74, 6) is -1.08. The van der Waals surface area contributed by atoms with Crippen LogP contribution in [0.4, 0.5) is 10.1 Å². The summed E-state index contributed by atoms with van der Waals surface area (Å²) in [6.45, 7) is 6.25. The molecule has 1 saturated heterocycles. The van der Waals surface area contributed by atoms with Gasteiger partial charge >= 0.3 is 13.1 Å². The zero-order chi connectivity index (χ0) is 28.0. The first-order chi connectivity index (χ1) is 19.3. The maximum Gasteiger partial charge on any atom is 0.492 e. The number of anilines is 1. The third kappa shape index (κ3) is 5.09. The van der Waals surface area contributed by atoms with Crippen molar-refractivity contribution in [1.29, 1.82) is 0 Å². The van der Waals surface area contributed by atoms with E-state index in [0.29, 0.717) is 30.9 Å². The van der Waals surface area contributed by atoms with Gasteiger partial charge in [0.1, 0.15) is 17.1 Å². The first-order valence-corrected chi connectivity index (χ1v) is 14.0. The number of piperazine rings is 1. The number of carboxylic acid groups (broad SMARTS) is 1. The molecule has 0 spiro atoms. The van der Waals surface area contributed by atoms with E-state index in [4.69, 9.17) is 9.39 Å². The van der Waals surface area contributed by atoms with Gasteiger partial charge in [0.05, 0.1) is 23.9 Å². The lowest BCUT2D eigenvalue weighted by molar-refractivity contribution is 0.0694. The van der Waals surface area contributed by atoms with Gasteiger partial charge in [0, 0.05) is 50.3 Å². The van der Waals surface area contributed by atoms with Crippen molar-refractivity contribution in [2.45, 2.75) is 44.8 Å². The fourth-order valence-corrected chi connectivity index (χ4v) is 5.87. The second-order valence-corrected chi connectivity index (χ2v) is 10.8. The molecule has 1 saturated carbocycles. The van der Waals surface area contributed by atoms with Crippen LogP contribution in [-0.2, 0) is 4.65 Å². The average molecular weight is 549 g/mol. The van der Waals surface area contributed by atoms with Crippen LogP contribution in [0.5, 0.6) is 5.75 Å². The molecule has 0 amide bonds. The summed E-state index contributed by atoms with van der Waals surface area (Å²) in [7, 11) is -0.907. The Labute approximate surface area is 231 Å². The molecule has 3 aromatic rings. The van der Waals surface area contributed by atoms with Gasteiger partial charge in [0.25, 0.3) is 0 Å². The highest BCUT2D eigenvalue weighted by Gasteiger charge is 2.34. The zero-order valence-corrected chi connectivity index (χ0v) is 22.5. The molecule has 9 nitrogen and oxygen atoms in total. The SMILES string of the molecule is CCC1OB(O)c2cc(OCCCN3CCN(c4cc5c(cc4F)c(=O)c(C(=O)O)cn5C4CC4)CC3)ccc21. The van der Waals surface area contributed by atoms with E-state index in [1.807, 2.05) is 34.6 Å². The van der Waals surface area contributed by atoms with Crippen molar-refractivity contribution in [3.05, 3.63) is 63.7 Å². The Kier molecular flexibility index (Phi) is 7.28. The second kappa shape index (κ2) is 10.9. The fraction of sp³-hybridized carbons (Fsp3) is 0.448. The van der Waals surface area contributed by atoms with Crippen LogP contribution in [0.1, 0.15) is 60.7 Å². The Bertz CT molecular complexity index is 1500. The summed E-state index contributed by atoms with van der Waals surface area (Å²) < 4.78 is 28.6. The normalized spacial score (nSPS) is 19.3. The van der Waals surface area contributed by atoms with Crippen LogP contribution in [0.2, 0.25) is 0 Å². The third-order valence-electron chi connectivity index (χ3n) is 8.21. The van der Waals surface area contributed by atoms with Crippen LogP contribution in [0, 0.1) is 5.82 Å². The number of ether oxygens (including phenoxy) is 1. The number of rotatable bonds is 9. The van der Waals surface area contributed by atoms with Gasteiger partial charge in [-0.25, -0.2) is 9.18 Å². The standard InChI is InChI=1S/C29H33BFN3O6/c1-2-27-20-7-6-19(14-23(20)30(38)40-27)39-13-3-8-32-9-11-33(12-10-32)26-16-25-21(15-24(26)31)28(35)22(29(36)37)17-34(25)18-4-5-18/h6-7,14-18,27,38H,2-5,8-13H2,1H3,(H,36,37). The minimum Gasteiger partial charge on any atom is -0.494 e. The Morgan fingerprint density at radius 2 is 1.95 bits per heavy atom. The average Bonchev–Trinajstić information content (AvgIpc) is 3.75. The number of aromatic nitrogens is 1. The number of carbonyl (C=O) groups is 1. The summed E-state index contributed by atoms with van der Waals surface area (Å²) in [4.78, 5) is 28.7. The van der Waals surface area contributed by atoms with E-state index in [1.54, 1.807) is 6.07 Å². The molecule has 1 atom stereocenters. The van der Waals surface area contributed by atoms with Gasteiger partial charge < -0.3 is 29.0 Å². The van der Waals surface area contributed by atoms with Crippen molar-refractivity contribution in [3.8, 4) is 5.75 Å². The minimum atomic E-state index is -1.29. The van der Waals surface area contributed by atoms with Crippen molar-refractivity contribution in [1.82, 2.24) is 9.47 Å². The summed E-state index contributed by atoms with van der Waals surface area (Å²) in [5.41, 5.74) is 1.86. The Balaban J connectivity index is 1.06. The molecule has 11 heteroatoms. The highest BCUT2D eigenvalue weighted by atomic mass is 19.1. The van der Waals surface area contributed by atoms with Gasteiger partial charge in [-0.05, 0) is 61.0 Å². The van der Waals surface area contributed by atoms with Crippen LogP contribution in [0.3, 0.4) is 0 Å². The maximum atomic E-state index is 15.2. The molecule has 210 valence electrons. The van der Waals surface area contributed by atoms with E-state index in [2.05, 4.69) is 4.90 Å². The van der Waals surface area contributed by atoms with Crippen molar-refractivity contribution < 1.29 is 28.7 Å². The number of carboxylic acids is 1. The fourth-order valence-electron chi connectivity index (χ4n) is 5.87. The monoisotopic (exact) mass is 549 g/mol. The highest BCUT2D eigenvalue weighted by molar-refractivity contribution is 6.61. The summed E-state index contributed by atoms with van der Waals surface area (Å²) in [6.07, 6.45) is 4.79. The number of fused-ring (bicyclic) bond motifs is 2. The van der Waals surface area contributed by atoms with Crippen LogP contribution in [0.25, 0.3) is 10.9 Å². The molecule has 40 heavy (non-hydrogen) atoms. The maximum absolute atomic E-state index is 15.2. The zero-order valence-electron chi connectivity index (χ0n) is 22.5. The van der Waals surface area contributed by atoms with Crippen molar-refractivity contribution in [2.24, 2.45) is 0 Å². The van der Waals surface area contributed by atoms with E-state index < -0.39 is 24.3 Å². The molecule has 0 bridgehead atoms. The number of halogens is 1. The predicted octanol–water partition coefficient (Wildman–Crippen LogP) is 2.93. The van der Waals surface area contributed by atoms with Gasteiger partial charge in [-0.3, -0.25) is 9.69 Å². The topological polar surface area (TPSA) is 104 Å². The van der Waals surface area contributed by atoms with Crippen molar-refractivity contribution in [3.63, 3.8) is 0 Å². The van der Waals surface area contributed by atoms with Crippen LogP contribution in [-0.4, -0.2) is 72.0 Å². The number of benzene rings is 2. The Morgan fingerprint density at radius 3 is 2.65 bits per heavy atom. The number of pyridine rings is 1. The number of hydrogen-bond acceptors (Lipinski definition) is 7. The van der Waals surface area contributed by atoms with E-state index in [-0.39, 0.29) is 23.1 Å². The van der Waals surface area contributed by atoms with E-state index in [1.165, 1.54) is 12.3 Å². The molecule has 1 aliphatic carbocycles. The number of hydrogen-bond donors (Lipinski definition) is 2. The van der Waals surface area contributed by atoms with Crippen LogP contribution in [0.15, 0.2) is 41.3 Å². The molecule has 0 radical (unpaired) electrons. The Hall–Kier alpha value is -3.41. The third-order valence-corrected chi connectivity index (χ3v) is 8.21. The molecular formula is C29H33BFN3O6. The molecular weight excluding hydrogens is 516 g/mol. The largest absolute Gasteiger partial charge is 0.494 e. The molecule has 3 heterocycles. The van der Waals surface area contributed by atoms with Gasteiger partial charge in [-0.2, -0.15) is 0 Å². The number of aromatic carboxylic acids is 1. The van der Waals surface area contributed by atoms with Gasteiger partial charge in [-0.15, -0.1) is 0 Å². The van der Waals surface area contributed by atoms with Crippen LogP contribution < -0.4 is 20.5 Å². The quantitative estimate of drug-likeness (QED) is 0.310. The van der Waals surface area contributed by atoms with E-state index >= 15 is 4.39 Å². The second-order valence-electron chi connectivity index (χ2n) is 10.8. The summed E-state index contributed by atoms with van der Waals surface area (Å²) in [5, 5.41) is 19.7. The first-order valence-electron chi connectivity index (χ1n) is 14.0. The lowest BCUT2D eigenvalue weighted by Gasteiger charge is -2.36. The van der Waals surface area contributed by atoms with Gasteiger partial charge in [0.15, 0.2) is 0 Å². The summed E-state index contributed by atoms with van der Waals surface area (Å²) >= 11 is 0. The van der Waals surface area contributed by atoms with E-state index in [0.717, 1.165) is 62.1 Å². The molecule has 6 rings (SSSR count). The highest BCUT2D eigenvalue weighted by Crippen LogP contribution is 2.38. The summed E-state index contributed by atoms with van der Waals surface area (Å²) in [6, 6.07) is 8.80. The molecule has 3 aliphatic rings. The minimum absolute atomic E-state index is 0.0752. The number of nitrogens with zero attached hydrogens (tertiary/aromatic N) is 3. The molecule has 1 unspecified atom stereocenters. The van der Waals surface area contributed by atoms with Gasteiger partial charge in [0.2, 0.25) is 5.43 Å². The van der Waals surface area contributed by atoms with E-state index in [9.17, 15) is 19.7 Å². The molecule has 2 fully saturated rings. The molecule has 2 aromatic carbocycles. The molecule has 2 N–H and O–H groups in total. The molecule has 1 aromatic heterocycles. The van der Waals surface area contributed by atoms with Gasteiger partial charge in [-0.1, -0.05) is 13.0 Å². The van der Waals surface area contributed by atoms with Crippen molar-refractivity contribution in [2.75, 3.05) is 44.2 Å². The first kappa shape index (κ1) is 26.8. The lowest BCUT2D eigenvalue weighted by Crippen LogP contribution is -2.47. The Morgan fingerprint density at radius 1 is 1.18 bits per heavy atom. The van der Waals surface area contributed by atoms with Crippen molar-refractivity contribution >= 4 is 35.1 Å². The molecule has 2 aliphatic heterocycles. The van der Waals surface area contributed by atoms with Crippen LogP contribution >= 0.6 is 0 Å². The smallest absolute Gasteiger partial charge is 0.492 e. The lowest BCUT2D eigenvalue weighted by atomic mass is 9.79. The predicted molar refractivity (Wildman–Crippen MR) is 150 cm³/mol.